The molecule has 10 aliphatic rings. The molecule has 12 rings (SSSR count). The molecular weight excluding hydrogens is 2240 g/mol. The van der Waals surface area contributed by atoms with Gasteiger partial charge in [-0.3, -0.25) is 0 Å². The molecule has 10 saturated carbocycles. The van der Waals surface area contributed by atoms with E-state index >= 15 is 0 Å². The Hall–Kier alpha value is 3.22. The van der Waals surface area contributed by atoms with Crippen LogP contribution < -0.4 is 10.4 Å². The van der Waals surface area contributed by atoms with E-state index < -0.39 is 48.4 Å². The molecule has 123 heavy (non-hydrogen) atoms. The van der Waals surface area contributed by atoms with Crippen LogP contribution in [0.1, 0.15) is 265 Å². The van der Waals surface area contributed by atoms with Crippen LogP contribution in [0, 0.1) is 255 Å². The molecule has 0 aromatic heterocycles. The molecule has 0 radical (unpaired) electrons. The SMILES string of the molecule is CC1C(C)C(C)C([Si](C)(C)C2CCC(C[Si](C)(C)C)C2)C1C.CC1C(C)C(C)C([Si](c2ccccc2)(c2ccccc2)C2CCC(C[Si](C)(C)C)C2)C1C.CCCC1C(C)C([Si](C)(C)C2C(C)C(CCC)C3CCCCC32)C2CCCCC12.CCCC1CCC([Si](C)(C)C2C(C)C(C)C(C)C2C)C1.[CH3-].[CH3-].[CH3-].[CH3-].[CH3-].[CH3-].[CH3-].[CH3-].[CH3-].[CH3-].[CH3-].[CH3-].[CH3-].[CH3-].[CH3-].[CH3-].[Hf+4].[Hf+4].[Hf+4].[Hf+4]. The first-order valence-corrected chi connectivity index (χ1v) is 65.5. The molecule has 10 heteroatoms. The maximum Gasteiger partial charge on any atom is 4.00 e. The summed E-state index contributed by atoms with van der Waals surface area (Å²) >= 11 is 0. The molecule has 0 bridgehead atoms. The minimum atomic E-state index is -1.99. The first-order valence-electron chi connectivity index (χ1n) is 46.4. The Balaban J connectivity index is -0.000000128. The quantitative estimate of drug-likeness (QED) is 0.0916. The van der Waals surface area contributed by atoms with E-state index in [9.17, 15) is 0 Å². The second kappa shape index (κ2) is 64.4. The molecule has 0 heterocycles. The van der Waals surface area contributed by atoms with Gasteiger partial charge in [0.25, 0.3) is 0 Å². The van der Waals surface area contributed by atoms with Crippen LogP contribution in [0.4, 0.5) is 0 Å². The number of rotatable bonds is 20. The molecule has 0 aliphatic heterocycles. The van der Waals surface area contributed by atoms with Gasteiger partial charge in [0.2, 0.25) is 0 Å². The van der Waals surface area contributed by atoms with Crippen molar-refractivity contribution in [1.29, 1.82) is 0 Å². The first-order chi connectivity index (χ1) is 48.3. The van der Waals surface area contributed by atoms with Crippen molar-refractivity contribution in [2.24, 2.45) is 136 Å². The van der Waals surface area contributed by atoms with E-state index in [1.165, 1.54) is 83.1 Å². The smallest absolute Gasteiger partial charge is 0.358 e. The summed E-state index contributed by atoms with van der Waals surface area (Å²) in [7, 11) is -7.49. The number of fused-ring (bicyclic) bond motifs is 2. The van der Waals surface area contributed by atoms with E-state index in [-0.39, 0.29) is 222 Å². The van der Waals surface area contributed by atoms with Crippen LogP contribution in [0.15, 0.2) is 60.7 Å². The van der Waals surface area contributed by atoms with Gasteiger partial charge in [0.05, 0.1) is 24.2 Å². The summed E-state index contributed by atoms with van der Waals surface area (Å²) in [6.07, 6.45) is 35.0. The summed E-state index contributed by atoms with van der Waals surface area (Å²) in [6.45, 7) is 75.7. The molecule has 28 unspecified atom stereocenters. The van der Waals surface area contributed by atoms with Crippen molar-refractivity contribution in [3.8, 4) is 0 Å². The molecular formula is C113H226Hf4Si6. The van der Waals surface area contributed by atoms with E-state index in [0.717, 1.165) is 180 Å². The summed E-state index contributed by atoms with van der Waals surface area (Å²) in [6, 6.07) is 26.9. The predicted molar refractivity (Wildman–Crippen MR) is 582 cm³/mol. The maximum absolute atomic E-state index is 2.91. The number of benzene rings is 2. The van der Waals surface area contributed by atoms with Crippen molar-refractivity contribution in [3.05, 3.63) is 179 Å². The van der Waals surface area contributed by atoms with Gasteiger partial charge in [-0.15, -0.1) is 0 Å². The van der Waals surface area contributed by atoms with Gasteiger partial charge in [0, 0.05) is 16.1 Å². The fourth-order valence-corrected chi connectivity index (χ4v) is 61.6. The minimum absolute atomic E-state index is 0. The summed E-state index contributed by atoms with van der Waals surface area (Å²) in [5.41, 5.74) is 8.31. The van der Waals surface area contributed by atoms with Crippen molar-refractivity contribution < 1.29 is 103 Å². The van der Waals surface area contributed by atoms with Crippen LogP contribution in [-0.2, 0) is 103 Å². The normalized spacial score (nSPS) is 35.3. The second-order valence-electron chi connectivity index (χ2n) is 45.3. The summed E-state index contributed by atoms with van der Waals surface area (Å²) in [5.74, 6) is 22.5. The average molecular weight is 2470 g/mol. The van der Waals surface area contributed by atoms with Crippen LogP contribution in [0.25, 0.3) is 0 Å². The Bertz CT molecular complexity index is 2740. The van der Waals surface area contributed by atoms with Crippen molar-refractivity contribution in [3.63, 3.8) is 0 Å². The van der Waals surface area contributed by atoms with E-state index in [4.69, 9.17) is 0 Å². The molecule has 0 N–H and O–H groups in total. The molecule has 0 spiro atoms. The fraction of sp³-hybridized carbons (Fsp3) is 0.752. The minimum Gasteiger partial charge on any atom is -0.358 e. The number of hydrogen-bond donors (Lipinski definition) is 0. The van der Waals surface area contributed by atoms with Gasteiger partial charge in [-0.05, 0) is 206 Å². The second-order valence-corrected chi connectivity index (χ2v) is 76.0. The summed E-state index contributed by atoms with van der Waals surface area (Å²) < 4.78 is 0. The van der Waals surface area contributed by atoms with Crippen molar-refractivity contribution >= 4 is 58.8 Å². The van der Waals surface area contributed by atoms with Crippen molar-refractivity contribution in [2.45, 2.75) is 400 Å². The third-order valence-corrected chi connectivity index (χ3v) is 62.9. The van der Waals surface area contributed by atoms with Gasteiger partial charge in [0.1, 0.15) is 8.07 Å². The molecule has 28 atom stereocenters. The largest absolute Gasteiger partial charge is 4.00 e. The zero-order valence-corrected chi connectivity index (χ0v) is 113. The van der Waals surface area contributed by atoms with Crippen molar-refractivity contribution in [2.75, 3.05) is 0 Å². The average Bonchev–Trinajstić information content (AvgIpc) is 1.61. The maximum atomic E-state index is 2.91. The molecule has 2 aromatic carbocycles. The van der Waals surface area contributed by atoms with Crippen LogP contribution in [-0.4, -0.2) is 48.4 Å². The van der Waals surface area contributed by atoms with E-state index in [1.54, 1.807) is 87.0 Å². The van der Waals surface area contributed by atoms with Crippen LogP contribution in [0.3, 0.4) is 0 Å². The van der Waals surface area contributed by atoms with Gasteiger partial charge in [-0.1, -0.05) is 401 Å². The molecule has 10 fully saturated rings. The van der Waals surface area contributed by atoms with Crippen LogP contribution in [0.5, 0.6) is 0 Å². The van der Waals surface area contributed by atoms with E-state index in [0.29, 0.717) is 0 Å². The Kier molecular flexibility index (Phi) is 79.4. The van der Waals surface area contributed by atoms with Crippen molar-refractivity contribution in [1.82, 2.24) is 0 Å². The Morgan fingerprint density at radius 1 is 0.244 bits per heavy atom. The fourth-order valence-electron chi connectivity index (χ4n) is 31.6. The zero-order valence-electron chi connectivity index (χ0n) is 92.3. The van der Waals surface area contributed by atoms with Gasteiger partial charge >= 0.3 is 103 Å². The van der Waals surface area contributed by atoms with Gasteiger partial charge in [-0.25, -0.2) is 0 Å². The third kappa shape index (κ3) is 33.2. The van der Waals surface area contributed by atoms with E-state index in [2.05, 4.69) is 257 Å². The molecule has 0 amide bonds. The summed E-state index contributed by atoms with van der Waals surface area (Å²) in [4.78, 5) is 0. The standard InChI is InChI=1S/C30H46Si2.C28H52Si.C20H42Si2.C19H38Si.16CH3.4Hf/c1-22-23(2)25(4)30(24(22)3)32(27-14-10-8-11-15-27,28-16-12-9-13-17-28)29-19-18-26(20-29)21-31(5,6)7;1-7-13-21-19(3)27(25-17-11-9-15-23(21)25)29(5,6)28-20(4)22(14-8-2)24-16-10-12-18-26(24)28;1-14-15(2)17(4)20(16(14)3)22(8,9)19-11-10-18(12-19)13-21(5,6)7;1-8-9-17-10-11-18(12-17)20(6,7)19-15(4)13(2)14(3)16(19)5;;;;;;;;;;;;;;;;;;;;/h8-17,22-26,29-30H,18-21H2,1-7H3;19-28H,7-18H2,1-6H3;14-20H,10-13H2,1-9H3;13-19H,8-12H2,1-7H3;16*1H3;;;;/q;;;;16*-1;4*+4. The topological polar surface area (TPSA) is 0 Å². The van der Waals surface area contributed by atoms with Crippen LogP contribution >= 0.6 is 0 Å². The molecule has 2 aromatic rings. The third-order valence-electron chi connectivity index (χ3n) is 36.7. The Morgan fingerprint density at radius 2 is 0.488 bits per heavy atom. The number of hydrogen-bond acceptors (Lipinski definition) is 0. The van der Waals surface area contributed by atoms with Gasteiger partial charge < -0.3 is 119 Å². The predicted octanol–water partition coefficient (Wildman–Crippen LogP) is 37.8. The van der Waals surface area contributed by atoms with Gasteiger partial charge in [-0.2, -0.15) is 0 Å². The van der Waals surface area contributed by atoms with Gasteiger partial charge in [0.15, 0.2) is 0 Å². The monoisotopic (exact) mass is 2470 g/mol. The van der Waals surface area contributed by atoms with Crippen LogP contribution in [0.2, 0.25) is 135 Å². The molecule has 718 valence electrons. The van der Waals surface area contributed by atoms with E-state index in [1.807, 2.05) is 0 Å². The Morgan fingerprint density at radius 3 is 0.764 bits per heavy atom. The molecule has 0 saturated heterocycles. The first kappa shape index (κ1) is 152. The summed E-state index contributed by atoms with van der Waals surface area (Å²) in [5, 5.41) is 3.43. The molecule has 10 aliphatic carbocycles. The Labute approximate surface area is 868 Å². The zero-order chi connectivity index (χ0) is 75.8. The molecule has 0 nitrogen and oxygen atoms in total.